The summed E-state index contributed by atoms with van der Waals surface area (Å²) in [4.78, 5) is 24.4. The second kappa shape index (κ2) is 4.24. The van der Waals surface area contributed by atoms with Gasteiger partial charge in [-0.25, -0.2) is 4.79 Å². The fourth-order valence-corrected chi connectivity index (χ4v) is 1.77. The number of carbonyl (C=O) groups excluding carboxylic acids is 1. The van der Waals surface area contributed by atoms with Crippen molar-refractivity contribution in [3.8, 4) is 0 Å². The molecule has 0 aliphatic carbocycles. The number of benzene rings is 1. The van der Waals surface area contributed by atoms with E-state index in [1.54, 1.807) is 32.9 Å². The molecule has 0 aliphatic rings. The van der Waals surface area contributed by atoms with Crippen LogP contribution in [0.4, 0.5) is 5.69 Å². The Bertz CT molecular complexity index is 474. The van der Waals surface area contributed by atoms with Gasteiger partial charge >= 0.3 is 0 Å². The number of nitro benzene ring substituents is 1. The first-order valence-corrected chi connectivity index (χ1v) is 4.73. The lowest BCUT2D eigenvalue weighted by Gasteiger charge is -2.19. The zero-order valence-corrected chi connectivity index (χ0v) is 9.35. The summed E-state index contributed by atoms with van der Waals surface area (Å²) in [6.07, 6.45) is 1.45. The van der Waals surface area contributed by atoms with Crippen LogP contribution in [0.3, 0.4) is 0 Å². The van der Waals surface area contributed by atoms with Crippen LogP contribution in [0.15, 0.2) is 23.2 Å². The fraction of sp³-hybridized carbons (Fsp3) is 0.364. The molecular formula is C11H12N2O3. The van der Waals surface area contributed by atoms with Gasteiger partial charge in [-0.1, -0.05) is 12.1 Å². The number of hydrogen-bond acceptors (Lipinski definition) is 4. The molecule has 0 amide bonds. The minimum absolute atomic E-state index is 0.0241. The molecule has 0 atom stereocenters. The fourth-order valence-electron chi connectivity index (χ4n) is 1.77. The van der Waals surface area contributed by atoms with Gasteiger partial charge in [0.05, 0.1) is 16.0 Å². The molecular weight excluding hydrogens is 208 g/mol. The predicted octanol–water partition coefficient (Wildman–Crippen LogP) is 2.47. The number of nitrogens with zero attached hydrogens (tertiary/aromatic N) is 2. The van der Waals surface area contributed by atoms with E-state index in [1.165, 1.54) is 12.1 Å². The molecule has 5 heteroatoms. The molecule has 0 saturated carbocycles. The Morgan fingerprint density at radius 1 is 1.44 bits per heavy atom. The third-order valence-corrected chi connectivity index (χ3v) is 2.38. The average molecular weight is 220 g/mol. The Morgan fingerprint density at radius 3 is 2.56 bits per heavy atom. The zero-order chi connectivity index (χ0) is 12.3. The monoisotopic (exact) mass is 220 g/mol. The van der Waals surface area contributed by atoms with Crippen LogP contribution in [0, 0.1) is 17.0 Å². The van der Waals surface area contributed by atoms with Gasteiger partial charge in [0.1, 0.15) is 0 Å². The van der Waals surface area contributed by atoms with Crippen molar-refractivity contribution in [1.82, 2.24) is 0 Å². The number of rotatable bonds is 3. The van der Waals surface area contributed by atoms with Gasteiger partial charge in [-0.05, 0) is 26.3 Å². The van der Waals surface area contributed by atoms with Crippen molar-refractivity contribution in [2.45, 2.75) is 26.3 Å². The number of isocyanates is 1. The quantitative estimate of drug-likeness (QED) is 0.340. The molecule has 1 rings (SSSR count). The second-order valence-corrected chi connectivity index (χ2v) is 3.99. The molecule has 0 fully saturated rings. The van der Waals surface area contributed by atoms with Crippen molar-refractivity contribution in [2.24, 2.45) is 4.99 Å². The number of hydrogen-bond donors (Lipinski definition) is 0. The van der Waals surface area contributed by atoms with E-state index in [2.05, 4.69) is 4.99 Å². The Morgan fingerprint density at radius 2 is 2.06 bits per heavy atom. The Hall–Kier alpha value is -2.00. The van der Waals surface area contributed by atoms with Crippen molar-refractivity contribution < 1.29 is 9.72 Å². The average Bonchev–Trinajstić information content (AvgIpc) is 2.16. The van der Waals surface area contributed by atoms with E-state index in [4.69, 9.17) is 0 Å². The largest absolute Gasteiger partial charge is 0.275 e. The van der Waals surface area contributed by atoms with Crippen LogP contribution in [0.25, 0.3) is 0 Å². The van der Waals surface area contributed by atoms with Gasteiger partial charge in [0.2, 0.25) is 6.08 Å². The maximum absolute atomic E-state index is 10.9. The topological polar surface area (TPSA) is 72.6 Å². The maximum atomic E-state index is 10.9. The van der Waals surface area contributed by atoms with Crippen LogP contribution < -0.4 is 0 Å². The molecule has 84 valence electrons. The summed E-state index contributed by atoms with van der Waals surface area (Å²) in [5.74, 6) is 0. The molecule has 0 N–H and O–H groups in total. The van der Waals surface area contributed by atoms with E-state index in [-0.39, 0.29) is 5.69 Å². The highest BCUT2D eigenvalue weighted by atomic mass is 16.6. The summed E-state index contributed by atoms with van der Waals surface area (Å²) in [6, 6.07) is 4.77. The van der Waals surface area contributed by atoms with Gasteiger partial charge in [0.25, 0.3) is 5.69 Å². The van der Waals surface area contributed by atoms with Crippen molar-refractivity contribution >= 4 is 11.8 Å². The van der Waals surface area contributed by atoms with Crippen LogP contribution in [-0.4, -0.2) is 11.0 Å². The summed E-state index contributed by atoms with van der Waals surface area (Å²) in [6.45, 7) is 5.05. The first-order valence-electron chi connectivity index (χ1n) is 4.73. The standard InChI is InChI=1S/C11H12N2O3/c1-8-5-4-6-9(13(15)16)10(8)11(2,3)12-7-14/h4-6H,1-3H3. The van der Waals surface area contributed by atoms with Crippen molar-refractivity contribution in [3.63, 3.8) is 0 Å². The number of aliphatic imine (C=N–C) groups is 1. The van der Waals surface area contributed by atoms with Gasteiger partial charge in [-0.3, -0.25) is 10.1 Å². The molecule has 1 aromatic carbocycles. The third kappa shape index (κ3) is 2.15. The second-order valence-electron chi connectivity index (χ2n) is 3.99. The van der Waals surface area contributed by atoms with Crippen molar-refractivity contribution in [3.05, 3.63) is 39.4 Å². The molecule has 0 spiro atoms. The van der Waals surface area contributed by atoms with Gasteiger partial charge in [0.15, 0.2) is 0 Å². The van der Waals surface area contributed by atoms with Gasteiger partial charge in [0, 0.05) is 6.07 Å². The summed E-state index contributed by atoms with van der Waals surface area (Å²) < 4.78 is 0. The molecule has 16 heavy (non-hydrogen) atoms. The molecule has 0 aliphatic heterocycles. The molecule has 0 aromatic heterocycles. The van der Waals surface area contributed by atoms with Crippen molar-refractivity contribution in [2.75, 3.05) is 0 Å². The van der Waals surface area contributed by atoms with E-state index in [0.29, 0.717) is 5.56 Å². The lowest BCUT2D eigenvalue weighted by atomic mass is 9.89. The van der Waals surface area contributed by atoms with Crippen LogP contribution in [0.1, 0.15) is 25.0 Å². The lowest BCUT2D eigenvalue weighted by molar-refractivity contribution is -0.386. The lowest BCUT2D eigenvalue weighted by Crippen LogP contribution is -2.17. The minimum Gasteiger partial charge on any atom is -0.258 e. The highest BCUT2D eigenvalue weighted by Crippen LogP contribution is 2.34. The van der Waals surface area contributed by atoms with Gasteiger partial charge in [-0.2, -0.15) is 4.99 Å². The molecule has 0 radical (unpaired) electrons. The minimum atomic E-state index is -0.935. The third-order valence-electron chi connectivity index (χ3n) is 2.38. The molecule has 0 saturated heterocycles. The molecule has 0 heterocycles. The van der Waals surface area contributed by atoms with E-state index in [1.807, 2.05) is 0 Å². The van der Waals surface area contributed by atoms with Crippen LogP contribution in [0.5, 0.6) is 0 Å². The smallest absolute Gasteiger partial charge is 0.258 e. The van der Waals surface area contributed by atoms with Crippen LogP contribution >= 0.6 is 0 Å². The summed E-state index contributed by atoms with van der Waals surface area (Å²) in [5.41, 5.74) is 0.223. The van der Waals surface area contributed by atoms with E-state index in [0.717, 1.165) is 5.56 Å². The molecule has 0 bridgehead atoms. The van der Waals surface area contributed by atoms with Gasteiger partial charge in [-0.15, -0.1) is 0 Å². The van der Waals surface area contributed by atoms with E-state index < -0.39 is 10.5 Å². The summed E-state index contributed by atoms with van der Waals surface area (Å²) in [5, 5.41) is 10.9. The van der Waals surface area contributed by atoms with Crippen LogP contribution in [0.2, 0.25) is 0 Å². The predicted molar refractivity (Wildman–Crippen MR) is 59.0 cm³/mol. The number of nitro groups is 1. The molecule has 1 aromatic rings. The van der Waals surface area contributed by atoms with Crippen LogP contribution in [-0.2, 0) is 10.3 Å². The van der Waals surface area contributed by atoms with E-state index in [9.17, 15) is 14.9 Å². The van der Waals surface area contributed by atoms with Crippen molar-refractivity contribution in [1.29, 1.82) is 0 Å². The maximum Gasteiger partial charge on any atom is 0.275 e. The highest BCUT2D eigenvalue weighted by molar-refractivity contribution is 5.51. The van der Waals surface area contributed by atoms with Gasteiger partial charge < -0.3 is 0 Å². The Balaban J connectivity index is 3.53. The Labute approximate surface area is 93.0 Å². The molecule has 0 unspecified atom stereocenters. The summed E-state index contributed by atoms with van der Waals surface area (Å²) in [7, 11) is 0. The number of aryl methyl sites for hydroxylation is 1. The first kappa shape index (κ1) is 12.1. The first-order chi connectivity index (χ1) is 7.40. The van der Waals surface area contributed by atoms with E-state index >= 15 is 0 Å². The zero-order valence-electron chi connectivity index (χ0n) is 9.35. The SMILES string of the molecule is Cc1cccc([N+](=O)[O-])c1C(C)(C)N=C=O. The molecule has 5 nitrogen and oxygen atoms in total. The Kier molecular flexibility index (Phi) is 3.20. The summed E-state index contributed by atoms with van der Waals surface area (Å²) >= 11 is 0. The normalized spacial score (nSPS) is 10.7. The highest BCUT2D eigenvalue weighted by Gasteiger charge is 2.30.